The number of nitrogens with zero attached hydrogens (tertiary/aromatic N) is 2. The van der Waals surface area contributed by atoms with Gasteiger partial charge in [-0.15, -0.1) is 0 Å². The Morgan fingerprint density at radius 1 is 0.561 bits per heavy atom. The fourth-order valence-electron chi connectivity index (χ4n) is 10.6. The van der Waals surface area contributed by atoms with E-state index in [9.17, 15) is 33.6 Å². The number of para-hydroxylation sites is 2. The van der Waals surface area contributed by atoms with Crippen molar-refractivity contribution in [3.63, 3.8) is 0 Å². The van der Waals surface area contributed by atoms with Crippen LogP contribution < -0.4 is 27.6 Å². The fourth-order valence-corrected chi connectivity index (χ4v) is 10.9. The number of piperidine rings is 6. The van der Waals surface area contributed by atoms with Crippen molar-refractivity contribution in [3.8, 4) is 0 Å². The predicted octanol–water partition coefficient (Wildman–Crippen LogP) is 7.59. The first-order chi connectivity index (χ1) is 39.1. The minimum absolute atomic E-state index is 0. The maximum Gasteiger partial charge on any atom is 0.335 e. The van der Waals surface area contributed by atoms with Crippen LogP contribution in [0.25, 0.3) is 0 Å². The van der Waals surface area contributed by atoms with Crippen molar-refractivity contribution in [2.75, 3.05) is 68.4 Å². The van der Waals surface area contributed by atoms with Crippen molar-refractivity contribution in [2.45, 2.75) is 63.8 Å². The number of Topliss-reactive ketones (excluding diaryl/α,β-unsaturated/α-hetero) is 2. The maximum atomic E-state index is 13.5. The van der Waals surface area contributed by atoms with E-state index in [1.165, 1.54) is 43.3 Å². The smallest absolute Gasteiger partial charge is 0.335 e. The molecule has 0 aromatic heterocycles. The third kappa shape index (κ3) is 18.5. The van der Waals surface area contributed by atoms with Crippen molar-refractivity contribution < 1.29 is 79.4 Å². The summed E-state index contributed by atoms with van der Waals surface area (Å²) in [4.78, 5) is 84.5. The largest absolute Gasteiger partial charge is 1.00 e. The summed E-state index contributed by atoms with van der Waals surface area (Å²) < 4.78 is 17.1. The number of carboxylic acids is 2. The summed E-state index contributed by atoms with van der Waals surface area (Å²) in [6.07, 6.45) is 3.87. The Morgan fingerprint density at radius 3 is 1.32 bits per heavy atom. The summed E-state index contributed by atoms with van der Waals surface area (Å²) in [5.74, 6) is -1.98. The van der Waals surface area contributed by atoms with Crippen molar-refractivity contribution in [3.05, 3.63) is 203 Å². The van der Waals surface area contributed by atoms with Gasteiger partial charge in [0.25, 0.3) is 0 Å². The SMILES string of the molecule is CCOC(C)=O.O=C(O)c1ccc(C(=O)CBr)cc1.O=C(O)c1ccc(C(=O)C[N+]23CCC(CC2)[C@@H](OC(=O)[C@H](Nc2ccccc2)c2ccccc2)C3)cc1.O=C(O[C@H]1CN2CCC1CC2)[C@H](Nc1ccccc1)c1ccccc1.[Br-]. The number of fused-ring (bicyclic) bond motifs is 6. The molecule has 12 rings (SSSR count). The lowest BCUT2D eigenvalue weighted by atomic mass is 9.82. The Kier molecular flexibility index (Phi) is 24.6. The van der Waals surface area contributed by atoms with Crippen LogP contribution in [0.4, 0.5) is 11.4 Å². The van der Waals surface area contributed by atoms with Crippen LogP contribution in [0.5, 0.6) is 0 Å². The van der Waals surface area contributed by atoms with Gasteiger partial charge in [-0.2, -0.15) is 0 Å². The van der Waals surface area contributed by atoms with E-state index in [0.29, 0.717) is 47.1 Å². The molecule has 0 unspecified atom stereocenters. The molecule has 4 bridgehead atoms. The molecule has 0 spiro atoms. The molecule has 18 heteroatoms. The zero-order valence-electron chi connectivity index (χ0n) is 45.9. The van der Waals surface area contributed by atoms with Crippen molar-refractivity contribution in [2.24, 2.45) is 11.8 Å². The highest BCUT2D eigenvalue weighted by atomic mass is 79.9. The topological polar surface area (TPSA) is 215 Å². The van der Waals surface area contributed by atoms with E-state index in [4.69, 9.17) is 19.7 Å². The van der Waals surface area contributed by atoms with Crippen LogP contribution in [0.1, 0.15) is 104 Å². The predicted molar refractivity (Wildman–Crippen MR) is 311 cm³/mol. The van der Waals surface area contributed by atoms with Gasteiger partial charge in [0, 0.05) is 54.7 Å². The molecule has 6 saturated heterocycles. The first-order valence-electron chi connectivity index (χ1n) is 27.3. The van der Waals surface area contributed by atoms with Gasteiger partial charge < -0.3 is 56.5 Å². The number of ether oxygens (including phenoxy) is 3. The van der Waals surface area contributed by atoms with Gasteiger partial charge in [-0.05, 0) is 98.4 Å². The van der Waals surface area contributed by atoms with Crippen molar-refractivity contribution in [1.29, 1.82) is 0 Å². The van der Waals surface area contributed by atoms with E-state index < -0.39 is 24.0 Å². The van der Waals surface area contributed by atoms with Gasteiger partial charge in [0.1, 0.15) is 19.2 Å². The minimum Gasteiger partial charge on any atom is -1.00 e. The molecule has 4 N–H and O–H groups in total. The number of carboxylic acid groups (broad SMARTS) is 2. The molecule has 6 aromatic carbocycles. The van der Waals surface area contributed by atoms with E-state index >= 15 is 0 Å². The summed E-state index contributed by atoms with van der Waals surface area (Å²) in [7, 11) is 0. The number of hydrogen-bond acceptors (Lipinski definition) is 13. The number of rotatable bonds is 18. The van der Waals surface area contributed by atoms with Gasteiger partial charge in [-0.1, -0.05) is 137 Å². The first kappa shape index (κ1) is 63.7. The number of nitrogens with one attached hydrogen (secondary N) is 2. The number of esters is 3. The van der Waals surface area contributed by atoms with Crippen LogP contribution in [-0.4, -0.2) is 131 Å². The van der Waals surface area contributed by atoms with E-state index in [2.05, 4.69) is 36.2 Å². The van der Waals surface area contributed by atoms with Crippen LogP contribution in [0, 0.1) is 11.8 Å². The number of aromatic carboxylic acids is 2. The van der Waals surface area contributed by atoms with Gasteiger partial charge >= 0.3 is 29.8 Å². The Labute approximate surface area is 497 Å². The summed E-state index contributed by atoms with van der Waals surface area (Å²) in [5.41, 5.74) is 4.89. The molecule has 0 radical (unpaired) electrons. The lowest BCUT2D eigenvalue weighted by Crippen LogP contribution is -3.00. The zero-order valence-corrected chi connectivity index (χ0v) is 49.1. The average molecular weight is 1250 g/mol. The number of halogens is 2. The molecule has 6 fully saturated rings. The number of hydrogen-bond donors (Lipinski definition) is 4. The first-order valence-corrected chi connectivity index (χ1v) is 28.4. The van der Waals surface area contributed by atoms with E-state index in [-0.39, 0.29) is 75.1 Å². The average Bonchev–Trinajstić information content (AvgIpc) is 3.50. The normalized spacial score (nSPS) is 20.5. The highest BCUT2D eigenvalue weighted by Gasteiger charge is 2.49. The van der Waals surface area contributed by atoms with Crippen LogP contribution in [0.15, 0.2) is 170 Å². The molecule has 82 heavy (non-hydrogen) atoms. The number of ketones is 2. The molecule has 6 aromatic rings. The fraction of sp³-hybridized carbons (Fsp3) is 0.328. The molecule has 6 heterocycles. The van der Waals surface area contributed by atoms with Gasteiger partial charge in [0.15, 0.2) is 24.0 Å². The Hall–Kier alpha value is -7.51. The zero-order chi connectivity index (χ0) is 57.7. The minimum atomic E-state index is -1.01. The molecule has 16 nitrogen and oxygen atoms in total. The van der Waals surface area contributed by atoms with Crippen LogP contribution >= 0.6 is 15.9 Å². The Balaban J connectivity index is 0.000000206. The van der Waals surface area contributed by atoms with E-state index in [1.807, 2.05) is 121 Å². The van der Waals surface area contributed by atoms with E-state index in [1.54, 1.807) is 19.1 Å². The highest BCUT2D eigenvalue weighted by Crippen LogP contribution is 2.37. The highest BCUT2D eigenvalue weighted by molar-refractivity contribution is 9.09. The molecular formula is C64H70Br2N4O12. The maximum absolute atomic E-state index is 13.5. The molecule has 432 valence electrons. The van der Waals surface area contributed by atoms with Crippen molar-refractivity contribution >= 4 is 68.7 Å². The third-order valence-electron chi connectivity index (χ3n) is 14.9. The van der Waals surface area contributed by atoms with Crippen LogP contribution in [0.2, 0.25) is 0 Å². The van der Waals surface area contributed by atoms with Crippen LogP contribution in [0.3, 0.4) is 0 Å². The summed E-state index contributed by atoms with van der Waals surface area (Å²) in [6.45, 7) is 9.50. The molecule has 0 aliphatic carbocycles. The molecule has 0 amide bonds. The molecule has 4 atom stereocenters. The number of alkyl halides is 1. The number of carbonyl (C=O) groups excluding carboxylic acids is 5. The number of carbonyl (C=O) groups is 7. The Morgan fingerprint density at radius 2 is 0.951 bits per heavy atom. The molecule has 0 saturated carbocycles. The quantitative estimate of drug-likeness (QED) is 0.0215. The third-order valence-corrected chi connectivity index (χ3v) is 15.4. The second-order valence-electron chi connectivity index (χ2n) is 20.4. The lowest BCUT2D eigenvalue weighted by Gasteiger charge is -2.51. The number of anilines is 2. The number of quaternary nitrogens is 1. The Bertz CT molecular complexity index is 3010. The standard InChI is InChI=1S/C30H30N2O5.C21H24N2O2.C9H7BrO3.C4H8O2.BrH/c33-26(21-11-13-24(14-12-21)29(34)35)19-32-17-15-22(16-18-32)27(20-32)37-30(36)28(23-7-3-1-4-8-23)31-25-9-5-2-6-10-25;24-21(25-19-15-23-13-11-16(19)12-14-23)20(17-7-3-1-4-8-17)22-18-9-5-2-6-10-18;10-5-8(11)6-1-3-7(4-2-6)9(12)13;1-3-6-4(2)5;/h1-14,22,27-28,31H,15-20H2;1-10,16,19-20,22H,11-15H2;1-4H,5H2,(H,12,13);3H2,1-2H3;1H/t22?,27-,28+,32?;19-,20+;;;/m00.../s1. The molecular weight excluding hydrogens is 1180 g/mol. The van der Waals surface area contributed by atoms with Crippen molar-refractivity contribution in [1.82, 2.24) is 4.90 Å². The number of benzene rings is 6. The summed E-state index contributed by atoms with van der Waals surface area (Å²) in [6, 6.07) is 49.6. The lowest BCUT2D eigenvalue weighted by molar-refractivity contribution is -0.938. The molecule has 6 aliphatic rings. The van der Waals surface area contributed by atoms with Gasteiger partial charge in [0.2, 0.25) is 5.78 Å². The summed E-state index contributed by atoms with van der Waals surface area (Å²) >= 11 is 3.03. The molecule has 6 aliphatic heterocycles. The van der Waals surface area contributed by atoms with Gasteiger partial charge in [0.05, 0.1) is 36.2 Å². The second kappa shape index (κ2) is 31.6. The van der Waals surface area contributed by atoms with Crippen LogP contribution in [-0.2, 0) is 28.6 Å². The van der Waals surface area contributed by atoms with Gasteiger partial charge in [-0.25, -0.2) is 19.2 Å². The van der Waals surface area contributed by atoms with E-state index in [0.717, 1.165) is 80.9 Å². The second-order valence-corrected chi connectivity index (χ2v) is 21.0. The van der Waals surface area contributed by atoms with Gasteiger partial charge in [-0.3, -0.25) is 19.3 Å². The monoisotopic (exact) mass is 1240 g/mol. The summed E-state index contributed by atoms with van der Waals surface area (Å²) in [5, 5.41) is 24.6.